The van der Waals surface area contributed by atoms with Crippen molar-refractivity contribution in [1.82, 2.24) is 0 Å². The van der Waals surface area contributed by atoms with Crippen LogP contribution in [0.3, 0.4) is 0 Å². The van der Waals surface area contributed by atoms with Crippen LogP contribution in [0.1, 0.15) is 25.7 Å². The fraction of sp³-hybridized carbons (Fsp3) is 0.833. The van der Waals surface area contributed by atoms with Crippen LogP contribution in [0.15, 0.2) is 0 Å². The second-order valence-corrected chi connectivity index (χ2v) is 2.11. The predicted octanol–water partition coefficient (Wildman–Crippen LogP) is 2.12. The summed E-state index contributed by atoms with van der Waals surface area (Å²) in [4.78, 5) is 0. The highest BCUT2D eigenvalue weighted by Crippen LogP contribution is 2.22. The quantitative estimate of drug-likeness (QED) is 0.494. The summed E-state index contributed by atoms with van der Waals surface area (Å²) in [6, 6.07) is 2.26. The van der Waals surface area contributed by atoms with E-state index in [2.05, 4.69) is 6.07 Å². The summed E-state index contributed by atoms with van der Waals surface area (Å²) in [5.74, 6) is 0.403. The summed E-state index contributed by atoms with van der Waals surface area (Å²) in [7, 11) is 0. The molecule has 0 heterocycles. The molecule has 0 aliphatic heterocycles. The molecular formula is C6H10ClN. The largest absolute Gasteiger partial charge is 0.198 e. The van der Waals surface area contributed by atoms with Gasteiger partial charge in [0.15, 0.2) is 0 Å². The second kappa shape index (κ2) is 3.74. The van der Waals surface area contributed by atoms with Gasteiger partial charge in [-0.15, -0.1) is 12.4 Å². The molecule has 0 amide bonds. The van der Waals surface area contributed by atoms with E-state index in [4.69, 9.17) is 5.26 Å². The molecule has 1 aliphatic carbocycles. The predicted molar refractivity (Wildman–Crippen MR) is 34.8 cm³/mol. The molecule has 0 spiro atoms. The van der Waals surface area contributed by atoms with Crippen LogP contribution in [-0.2, 0) is 0 Å². The summed E-state index contributed by atoms with van der Waals surface area (Å²) >= 11 is 0. The fourth-order valence-corrected chi connectivity index (χ4v) is 1.05. The van der Waals surface area contributed by atoms with Gasteiger partial charge in [0, 0.05) is 5.92 Å². The Balaban J connectivity index is 0.000000490. The van der Waals surface area contributed by atoms with Gasteiger partial charge in [0.25, 0.3) is 0 Å². The maximum absolute atomic E-state index is 8.32. The Labute approximate surface area is 56.1 Å². The Morgan fingerprint density at radius 1 is 1.25 bits per heavy atom. The molecule has 0 N–H and O–H groups in total. The normalized spacial score (nSPS) is 19.4. The zero-order valence-corrected chi connectivity index (χ0v) is 5.58. The monoisotopic (exact) mass is 131 g/mol. The van der Waals surface area contributed by atoms with E-state index >= 15 is 0 Å². The van der Waals surface area contributed by atoms with E-state index in [-0.39, 0.29) is 12.4 Å². The van der Waals surface area contributed by atoms with Crippen molar-refractivity contribution in [2.45, 2.75) is 25.7 Å². The number of nitrogens with zero attached hydrogens (tertiary/aromatic N) is 1. The maximum Gasteiger partial charge on any atom is 0.0655 e. The molecule has 0 bridgehead atoms. The Hall–Kier alpha value is -0.220. The third-order valence-corrected chi connectivity index (χ3v) is 1.54. The third-order valence-electron chi connectivity index (χ3n) is 1.54. The Morgan fingerprint density at radius 3 is 2.00 bits per heavy atom. The molecular weight excluding hydrogens is 122 g/mol. The summed E-state index contributed by atoms with van der Waals surface area (Å²) in [6.07, 6.45) is 4.85. The summed E-state index contributed by atoms with van der Waals surface area (Å²) in [5.41, 5.74) is 0. The maximum atomic E-state index is 8.32. The standard InChI is InChI=1S/C6H9N.ClH/c7-5-6-3-1-2-4-6;/h6H,1-4H2;1H. The molecule has 0 aromatic heterocycles. The smallest absolute Gasteiger partial charge is 0.0655 e. The van der Waals surface area contributed by atoms with Crippen molar-refractivity contribution in [3.63, 3.8) is 0 Å². The van der Waals surface area contributed by atoms with Crippen molar-refractivity contribution < 1.29 is 0 Å². The van der Waals surface area contributed by atoms with Gasteiger partial charge < -0.3 is 0 Å². The first-order chi connectivity index (χ1) is 3.43. The highest BCUT2D eigenvalue weighted by Gasteiger charge is 2.12. The van der Waals surface area contributed by atoms with Gasteiger partial charge in [0.05, 0.1) is 6.07 Å². The van der Waals surface area contributed by atoms with Gasteiger partial charge in [-0.05, 0) is 12.8 Å². The number of halogens is 1. The van der Waals surface area contributed by atoms with Gasteiger partial charge in [0.1, 0.15) is 0 Å². The van der Waals surface area contributed by atoms with Gasteiger partial charge in [-0.2, -0.15) is 5.26 Å². The van der Waals surface area contributed by atoms with Crippen molar-refractivity contribution in [3.8, 4) is 6.07 Å². The summed E-state index contributed by atoms with van der Waals surface area (Å²) < 4.78 is 0. The molecule has 1 saturated carbocycles. The van der Waals surface area contributed by atoms with Crippen molar-refractivity contribution in [3.05, 3.63) is 0 Å². The molecule has 1 aliphatic rings. The SMILES string of the molecule is Cl.N#CC1CCCC1. The molecule has 0 aromatic rings. The van der Waals surface area contributed by atoms with Crippen LogP contribution in [-0.4, -0.2) is 0 Å². The van der Waals surface area contributed by atoms with Crippen molar-refractivity contribution in [2.75, 3.05) is 0 Å². The Morgan fingerprint density at radius 2 is 1.75 bits per heavy atom. The molecule has 0 saturated heterocycles. The molecule has 0 radical (unpaired) electrons. The minimum atomic E-state index is 0. The van der Waals surface area contributed by atoms with Crippen LogP contribution in [0.25, 0.3) is 0 Å². The minimum Gasteiger partial charge on any atom is -0.198 e. The molecule has 1 nitrogen and oxygen atoms in total. The summed E-state index contributed by atoms with van der Waals surface area (Å²) in [6.45, 7) is 0. The zero-order valence-electron chi connectivity index (χ0n) is 4.76. The molecule has 1 rings (SSSR count). The van der Waals surface area contributed by atoms with Crippen molar-refractivity contribution in [2.24, 2.45) is 5.92 Å². The molecule has 2 heteroatoms. The van der Waals surface area contributed by atoms with Crippen LogP contribution < -0.4 is 0 Å². The number of rotatable bonds is 0. The minimum absolute atomic E-state index is 0. The number of hydrogen-bond acceptors (Lipinski definition) is 1. The van der Waals surface area contributed by atoms with E-state index in [1.807, 2.05) is 0 Å². The van der Waals surface area contributed by atoms with Crippen LogP contribution in [0.4, 0.5) is 0 Å². The van der Waals surface area contributed by atoms with Gasteiger partial charge in [-0.3, -0.25) is 0 Å². The van der Waals surface area contributed by atoms with E-state index in [0.717, 1.165) is 12.8 Å². The van der Waals surface area contributed by atoms with Crippen LogP contribution in [0.5, 0.6) is 0 Å². The second-order valence-electron chi connectivity index (χ2n) is 2.11. The number of hydrogen-bond donors (Lipinski definition) is 0. The van der Waals surface area contributed by atoms with E-state index in [1.54, 1.807) is 0 Å². The fourth-order valence-electron chi connectivity index (χ4n) is 1.05. The lowest BCUT2D eigenvalue weighted by Crippen LogP contribution is -1.83. The van der Waals surface area contributed by atoms with Crippen molar-refractivity contribution >= 4 is 12.4 Å². The zero-order chi connectivity index (χ0) is 5.11. The lowest BCUT2D eigenvalue weighted by Gasteiger charge is -1.87. The molecule has 0 aromatic carbocycles. The lowest BCUT2D eigenvalue weighted by atomic mass is 10.1. The average molecular weight is 132 g/mol. The van der Waals surface area contributed by atoms with E-state index in [9.17, 15) is 0 Å². The molecule has 8 heavy (non-hydrogen) atoms. The first-order valence-corrected chi connectivity index (χ1v) is 2.83. The van der Waals surface area contributed by atoms with Crippen LogP contribution in [0, 0.1) is 17.2 Å². The first kappa shape index (κ1) is 7.78. The highest BCUT2D eigenvalue weighted by molar-refractivity contribution is 5.85. The van der Waals surface area contributed by atoms with Gasteiger partial charge in [0.2, 0.25) is 0 Å². The van der Waals surface area contributed by atoms with Gasteiger partial charge in [-0.1, -0.05) is 12.8 Å². The van der Waals surface area contributed by atoms with E-state index in [0.29, 0.717) is 5.92 Å². The molecule has 46 valence electrons. The average Bonchev–Trinajstić information content (AvgIpc) is 2.14. The van der Waals surface area contributed by atoms with Crippen LogP contribution in [0.2, 0.25) is 0 Å². The van der Waals surface area contributed by atoms with Crippen molar-refractivity contribution in [1.29, 1.82) is 5.26 Å². The molecule has 0 atom stereocenters. The van der Waals surface area contributed by atoms with Gasteiger partial charge >= 0.3 is 0 Å². The molecule has 1 fully saturated rings. The Bertz CT molecular complexity index is 89.2. The molecule has 0 unspecified atom stereocenters. The van der Waals surface area contributed by atoms with E-state index < -0.39 is 0 Å². The van der Waals surface area contributed by atoms with Gasteiger partial charge in [-0.25, -0.2) is 0 Å². The lowest BCUT2D eigenvalue weighted by molar-refractivity contribution is 0.701. The summed E-state index contributed by atoms with van der Waals surface area (Å²) in [5, 5.41) is 8.32. The number of nitriles is 1. The van der Waals surface area contributed by atoms with E-state index in [1.165, 1.54) is 12.8 Å². The third kappa shape index (κ3) is 1.71. The Kier molecular flexibility index (Phi) is 3.64. The van der Waals surface area contributed by atoms with Crippen LogP contribution >= 0.6 is 12.4 Å². The topological polar surface area (TPSA) is 23.8 Å². The highest BCUT2D eigenvalue weighted by atomic mass is 35.5. The first-order valence-electron chi connectivity index (χ1n) is 2.83.